The lowest BCUT2D eigenvalue weighted by Gasteiger charge is -2.31. The van der Waals surface area contributed by atoms with Crippen LogP contribution in [-0.4, -0.2) is 16.6 Å². The Bertz CT molecular complexity index is 467. The summed E-state index contributed by atoms with van der Waals surface area (Å²) < 4.78 is 13.1. The highest BCUT2D eigenvalue weighted by Gasteiger charge is 2.31. The first-order chi connectivity index (χ1) is 8.98. The van der Waals surface area contributed by atoms with Crippen LogP contribution in [0, 0.1) is 12.7 Å². The average molecular weight is 265 g/mol. The van der Waals surface area contributed by atoms with Gasteiger partial charge in [-0.05, 0) is 37.5 Å². The van der Waals surface area contributed by atoms with Crippen molar-refractivity contribution in [3.8, 4) is 0 Å². The van der Waals surface area contributed by atoms with E-state index in [4.69, 9.17) is 0 Å². The number of rotatable bonds is 3. The molecule has 0 unspecified atom stereocenters. The summed E-state index contributed by atoms with van der Waals surface area (Å²) in [6, 6.07) is 4.29. The second-order valence-electron chi connectivity index (χ2n) is 5.47. The van der Waals surface area contributed by atoms with Crippen LogP contribution in [0.25, 0.3) is 0 Å². The average Bonchev–Trinajstić information content (AvgIpc) is 2.34. The van der Waals surface area contributed by atoms with Crippen LogP contribution in [0.15, 0.2) is 18.2 Å². The third-order valence-electron chi connectivity index (χ3n) is 3.75. The molecule has 1 aliphatic rings. The smallest absolute Gasteiger partial charge is 0.227 e. The molecule has 2 N–H and O–H groups in total. The summed E-state index contributed by atoms with van der Waals surface area (Å²) in [4.78, 5) is 12.0. The van der Waals surface area contributed by atoms with Gasteiger partial charge in [0.15, 0.2) is 0 Å². The van der Waals surface area contributed by atoms with Crippen molar-refractivity contribution < 1.29 is 14.3 Å². The Labute approximate surface area is 112 Å². The number of aryl methyl sites for hydroxylation is 1. The molecule has 0 aromatic heterocycles. The zero-order valence-electron chi connectivity index (χ0n) is 11.2. The molecule has 1 aliphatic carbocycles. The molecule has 1 saturated carbocycles. The lowest BCUT2D eigenvalue weighted by atomic mass is 9.82. The van der Waals surface area contributed by atoms with Crippen molar-refractivity contribution in [1.29, 1.82) is 0 Å². The molecule has 0 aliphatic heterocycles. The molecule has 3 nitrogen and oxygen atoms in total. The van der Waals surface area contributed by atoms with E-state index in [-0.39, 0.29) is 18.1 Å². The molecule has 0 radical (unpaired) electrons. The van der Waals surface area contributed by atoms with Gasteiger partial charge in [0, 0.05) is 5.69 Å². The quantitative estimate of drug-likeness (QED) is 0.882. The molecule has 19 heavy (non-hydrogen) atoms. The molecular weight excluding hydrogens is 245 g/mol. The predicted octanol–water partition coefficient (Wildman–Crippen LogP) is 3.16. The molecule has 0 spiro atoms. The molecule has 0 heterocycles. The summed E-state index contributed by atoms with van der Waals surface area (Å²) in [6.07, 6.45) is 4.46. The van der Waals surface area contributed by atoms with Crippen LogP contribution in [-0.2, 0) is 4.79 Å². The largest absolute Gasteiger partial charge is 0.389 e. The summed E-state index contributed by atoms with van der Waals surface area (Å²) in [5, 5.41) is 13.0. The van der Waals surface area contributed by atoms with Gasteiger partial charge >= 0.3 is 0 Å². The maximum Gasteiger partial charge on any atom is 0.227 e. The van der Waals surface area contributed by atoms with Crippen LogP contribution in [0.2, 0.25) is 0 Å². The van der Waals surface area contributed by atoms with Gasteiger partial charge in [-0.2, -0.15) is 0 Å². The highest BCUT2D eigenvalue weighted by molar-refractivity contribution is 5.92. The summed E-state index contributed by atoms with van der Waals surface area (Å²) in [5.41, 5.74) is 0.401. The molecule has 1 aromatic rings. The molecular formula is C15H20FNO2. The zero-order valence-corrected chi connectivity index (χ0v) is 11.2. The number of carbonyl (C=O) groups is 1. The Balaban J connectivity index is 1.99. The molecule has 0 atom stereocenters. The van der Waals surface area contributed by atoms with Gasteiger partial charge in [-0.3, -0.25) is 4.79 Å². The van der Waals surface area contributed by atoms with Gasteiger partial charge in [-0.25, -0.2) is 4.39 Å². The standard InChI is InChI=1S/C15H20FNO2/c1-11-5-6-12(16)9-13(11)17-14(18)10-15(19)7-3-2-4-8-15/h5-6,9,19H,2-4,7-8,10H2,1H3,(H,17,18). The SMILES string of the molecule is Cc1ccc(F)cc1NC(=O)CC1(O)CCCCC1. The van der Waals surface area contributed by atoms with Crippen LogP contribution >= 0.6 is 0 Å². The van der Waals surface area contributed by atoms with E-state index in [9.17, 15) is 14.3 Å². The van der Waals surface area contributed by atoms with Crippen LogP contribution in [0.3, 0.4) is 0 Å². The van der Waals surface area contributed by atoms with Crippen molar-refractivity contribution in [2.45, 2.75) is 51.0 Å². The number of carbonyl (C=O) groups excluding carboxylic acids is 1. The molecule has 0 saturated heterocycles. The highest BCUT2D eigenvalue weighted by atomic mass is 19.1. The zero-order chi connectivity index (χ0) is 13.9. The fourth-order valence-electron chi connectivity index (χ4n) is 2.61. The minimum absolute atomic E-state index is 0.0863. The minimum atomic E-state index is -0.885. The Hall–Kier alpha value is -1.42. The van der Waals surface area contributed by atoms with E-state index in [0.29, 0.717) is 18.5 Å². The second-order valence-corrected chi connectivity index (χ2v) is 5.47. The van der Waals surface area contributed by atoms with Crippen molar-refractivity contribution in [3.63, 3.8) is 0 Å². The molecule has 2 rings (SSSR count). The van der Waals surface area contributed by atoms with Crippen molar-refractivity contribution in [3.05, 3.63) is 29.6 Å². The van der Waals surface area contributed by atoms with Crippen molar-refractivity contribution in [1.82, 2.24) is 0 Å². The van der Waals surface area contributed by atoms with Gasteiger partial charge in [0.1, 0.15) is 5.82 Å². The van der Waals surface area contributed by atoms with E-state index in [1.165, 1.54) is 12.1 Å². The molecule has 1 amide bonds. The fourth-order valence-corrected chi connectivity index (χ4v) is 2.61. The molecule has 104 valence electrons. The maximum atomic E-state index is 13.1. The van der Waals surface area contributed by atoms with Gasteiger partial charge in [0.05, 0.1) is 12.0 Å². The monoisotopic (exact) mass is 265 g/mol. The van der Waals surface area contributed by atoms with Gasteiger partial charge in [0.25, 0.3) is 0 Å². The first kappa shape index (κ1) is 14.0. The third-order valence-corrected chi connectivity index (χ3v) is 3.75. The Morgan fingerprint density at radius 1 is 1.37 bits per heavy atom. The number of halogens is 1. The number of hydrogen-bond acceptors (Lipinski definition) is 2. The molecule has 1 fully saturated rings. The minimum Gasteiger partial charge on any atom is -0.389 e. The van der Waals surface area contributed by atoms with E-state index >= 15 is 0 Å². The first-order valence-electron chi connectivity index (χ1n) is 6.77. The Morgan fingerprint density at radius 2 is 2.05 bits per heavy atom. The Morgan fingerprint density at radius 3 is 2.74 bits per heavy atom. The van der Waals surface area contributed by atoms with E-state index in [2.05, 4.69) is 5.32 Å². The third kappa shape index (κ3) is 3.77. The molecule has 0 bridgehead atoms. The number of anilines is 1. The number of hydrogen-bond donors (Lipinski definition) is 2. The van der Waals surface area contributed by atoms with Crippen molar-refractivity contribution >= 4 is 11.6 Å². The Kier molecular flexibility index (Phi) is 4.20. The second kappa shape index (κ2) is 5.70. The lowest BCUT2D eigenvalue weighted by molar-refractivity contribution is -0.122. The van der Waals surface area contributed by atoms with Crippen LogP contribution in [0.4, 0.5) is 10.1 Å². The normalized spacial score (nSPS) is 18.1. The summed E-state index contributed by atoms with van der Waals surface area (Å²) in [5.74, 6) is -0.629. The van der Waals surface area contributed by atoms with Crippen LogP contribution in [0.1, 0.15) is 44.1 Å². The summed E-state index contributed by atoms with van der Waals surface area (Å²) in [7, 11) is 0. The number of amides is 1. The van der Waals surface area contributed by atoms with E-state index in [1.54, 1.807) is 6.07 Å². The van der Waals surface area contributed by atoms with Crippen molar-refractivity contribution in [2.75, 3.05) is 5.32 Å². The van der Waals surface area contributed by atoms with Crippen LogP contribution in [0.5, 0.6) is 0 Å². The van der Waals surface area contributed by atoms with Gasteiger partial charge in [-0.15, -0.1) is 0 Å². The lowest BCUT2D eigenvalue weighted by Crippen LogP contribution is -2.36. The maximum absolute atomic E-state index is 13.1. The summed E-state index contributed by atoms with van der Waals surface area (Å²) >= 11 is 0. The summed E-state index contributed by atoms with van der Waals surface area (Å²) in [6.45, 7) is 1.81. The molecule has 1 aromatic carbocycles. The first-order valence-corrected chi connectivity index (χ1v) is 6.77. The van der Waals surface area contributed by atoms with E-state index in [0.717, 1.165) is 24.8 Å². The van der Waals surface area contributed by atoms with Gasteiger partial charge in [0.2, 0.25) is 5.91 Å². The molecule has 4 heteroatoms. The highest BCUT2D eigenvalue weighted by Crippen LogP contribution is 2.31. The predicted molar refractivity (Wildman–Crippen MR) is 72.4 cm³/mol. The topological polar surface area (TPSA) is 49.3 Å². The van der Waals surface area contributed by atoms with E-state index < -0.39 is 5.60 Å². The van der Waals surface area contributed by atoms with Gasteiger partial charge in [-0.1, -0.05) is 25.3 Å². The fraction of sp³-hybridized carbons (Fsp3) is 0.533. The van der Waals surface area contributed by atoms with E-state index in [1.807, 2.05) is 6.92 Å². The number of aliphatic hydroxyl groups is 1. The number of nitrogens with one attached hydrogen (secondary N) is 1. The van der Waals surface area contributed by atoms with Crippen molar-refractivity contribution in [2.24, 2.45) is 0 Å². The number of benzene rings is 1. The van der Waals surface area contributed by atoms with Gasteiger partial charge < -0.3 is 10.4 Å². The van der Waals surface area contributed by atoms with Crippen LogP contribution < -0.4 is 5.32 Å².